The third kappa shape index (κ3) is 3.26. The number of methoxy groups -OCH3 is 1. The molecular formula is C15H20N2O4. The molecule has 1 aliphatic rings. The molecule has 1 aliphatic heterocycles. The van der Waals surface area contributed by atoms with Gasteiger partial charge in [0.1, 0.15) is 12.6 Å². The number of rotatable bonds is 4. The Morgan fingerprint density at radius 3 is 2.81 bits per heavy atom. The van der Waals surface area contributed by atoms with E-state index in [0.29, 0.717) is 24.5 Å². The van der Waals surface area contributed by atoms with E-state index in [1.54, 1.807) is 12.1 Å². The minimum atomic E-state index is -0.685. The normalized spacial score (nSPS) is 14.5. The molecule has 0 unspecified atom stereocenters. The van der Waals surface area contributed by atoms with Crippen LogP contribution in [-0.4, -0.2) is 38.2 Å². The van der Waals surface area contributed by atoms with E-state index in [4.69, 9.17) is 9.47 Å². The Bertz CT molecular complexity index is 542. The largest absolute Gasteiger partial charge is 0.489 e. The van der Waals surface area contributed by atoms with Crippen LogP contribution in [0.5, 0.6) is 5.75 Å². The number of fused-ring (bicyclic) bond motifs is 1. The number of hydrogen-bond donors (Lipinski definition) is 2. The number of anilines is 1. The lowest BCUT2D eigenvalue weighted by atomic mass is 10.0. The zero-order valence-electron chi connectivity index (χ0n) is 12.4. The zero-order valence-corrected chi connectivity index (χ0v) is 12.4. The van der Waals surface area contributed by atoms with Gasteiger partial charge in [0.15, 0.2) is 5.75 Å². The smallest absolute Gasteiger partial charge is 0.328 e. The van der Waals surface area contributed by atoms with Gasteiger partial charge in [-0.05, 0) is 18.1 Å². The Balaban J connectivity index is 2.22. The second kappa shape index (κ2) is 6.47. The van der Waals surface area contributed by atoms with E-state index in [1.165, 1.54) is 7.11 Å². The summed E-state index contributed by atoms with van der Waals surface area (Å²) in [5.74, 6) is -0.351. The van der Waals surface area contributed by atoms with E-state index in [2.05, 4.69) is 10.6 Å². The first-order chi connectivity index (χ1) is 10.0. The van der Waals surface area contributed by atoms with Crippen LogP contribution in [0, 0.1) is 5.92 Å². The number of nitrogens with one attached hydrogen (secondary N) is 2. The summed E-state index contributed by atoms with van der Waals surface area (Å²) in [5.41, 5.74) is 1.20. The average molecular weight is 292 g/mol. The van der Waals surface area contributed by atoms with Crippen LogP contribution in [-0.2, 0) is 9.53 Å². The van der Waals surface area contributed by atoms with Crippen molar-refractivity contribution in [3.63, 3.8) is 0 Å². The number of esters is 1. The molecule has 114 valence electrons. The van der Waals surface area contributed by atoms with Crippen molar-refractivity contribution in [2.45, 2.75) is 19.9 Å². The van der Waals surface area contributed by atoms with Crippen LogP contribution in [0.3, 0.4) is 0 Å². The highest BCUT2D eigenvalue weighted by Gasteiger charge is 2.27. The maximum Gasteiger partial charge on any atom is 0.328 e. The predicted octanol–water partition coefficient (Wildman–Crippen LogP) is 1.42. The molecule has 0 saturated heterocycles. The van der Waals surface area contributed by atoms with Crippen molar-refractivity contribution in [3.8, 4) is 5.75 Å². The van der Waals surface area contributed by atoms with E-state index >= 15 is 0 Å². The second-order valence-electron chi connectivity index (χ2n) is 5.18. The Morgan fingerprint density at radius 2 is 2.14 bits per heavy atom. The predicted molar refractivity (Wildman–Crippen MR) is 78.5 cm³/mol. The molecule has 0 fully saturated rings. The van der Waals surface area contributed by atoms with Gasteiger partial charge in [-0.25, -0.2) is 4.79 Å². The minimum Gasteiger partial charge on any atom is -0.489 e. The van der Waals surface area contributed by atoms with E-state index in [-0.39, 0.29) is 11.8 Å². The van der Waals surface area contributed by atoms with Gasteiger partial charge in [-0.1, -0.05) is 19.9 Å². The van der Waals surface area contributed by atoms with E-state index in [9.17, 15) is 9.59 Å². The van der Waals surface area contributed by atoms with Gasteiger partial charge in [0, 0.05) is 6.54 Å². The van der Waals surface area contributed by atoms with Crippen molar-refractivity contribution in [3.05, 3.63) is 23.8 Å². The zero-order chi connectivity index (χ0) is 15.4. The molecule has 1 aromatic carbocycles. The quantitative estimate of drug-likeness (QED) is 0.821. The fourth-order valence-electron chi connectivity index (χ4n) is 2.19. The van der Waals surface area contributed by atoms with Crippen molar-refractivity contribution in [1.82, 2.24) is 5.32 Å². The highest BCUT2D eigenvalue weighted by atomic mass is 16.5. The van der Waals surface area contributed by atoms with Crippen LogP contribution in [0.4, 0.5) is 5.69 Å². The molecule has 0 spiro atoms. The minimum absolute atomic E-state index is 0.0695. The van der Waals surface area contributed by atoms with Crippen LogP contribution in [0.15, 0.2) is 18.2 Å². The van der Waals surface area contributed by atoms with Crippen LogP contribution in [0.2, 0.25) is 0 Å². The first-order valence-corrected chi connectivity index (χ1v) is 6.93. The number of carbonyl (C=O) groups is 2. The second-order valence-corrected chi connectivity index (χ2v) is 5.18. The van der Waals surface area contributed by atoms with Crippen LogP contribution < -0.4 is 15.4 Å². The summed E-state index contributed by atoms with van der Waals surface area (Å²) < 4.78 is 10.3. The van der Waals surface area contributed by atoms with Gasteiger partial charge in [0.2, 0.25) is 0 Å². The molecule has 1 heterocycles. The number of carbonyl (C=O) groups excluding carboxylic acids is 2. The van der Waals surface area contributed by atoms with Crippen molar-refractivity contribution < 1.29 is 19.1 Å². The fourth-order valence-corrected chi connectivity index (χ4v) is 2.19. The Labute approximate surface area is 123 Å². The van der Waals surface area contributed by atoms with Crippen molar-refractivity contribution in [1.29, 1.82) is 0 Å². The molecule has 1 atom stereocenters. The molecule has 6 nitrogen and oxygen atoms in total. The average Bonchev–Trinajstić information content (AvgIpc) is 2.50. The van der Waals surface area contributed by atoms with Gasteiger partial charge >= 0.3 is 5.97 Å². The summed E-state index contributed by atoms with van der Waals surface area (Å²) in [7, 11) is 1.31. The lowest BCUT2D eigenvalue weighted by Crippen LogP contribution is -2.45. The number of para-hydroxylation sites is 1. The summed E-state index contributed by atoms with van der Waals surface area (Å²) >= 11 is 0. The molecule has 0 radical (unpaired) electrons. The molecule has 0 aliphatic carbocycles. The first-order valence-electron chi connectivity index (χ1n) is 6.93. The lowest BCUT2D eigenvalue weighted by Gasteiger charge is -2.23. The molecule has 0 saturated carbocycles. The van der Waals surface area contributed by atoms with Gasteiger partial charge in [0.05, 0.1) is 18.4 Å². The number of hydrogen-bond acceptors (Lipinski definition) is 5. The SMILES string of the molecule is COC(=O)[C@@H](NC(=O)c1cccc2c1OCCN2)C(C)C. The molecule has 21 heavy (non-hydrogen) atoms. The molecule has 0 aromatic heterocycles. The topological polar surface area (TPSA) is 76.7 Å². The van der Waals surface area contributed by atoms with Gasteiger partial charge in [-0.15, -0.1) is 0 Å². The molecule has 1 amide bonds. The van der Waals surface area contributed by atoms with E-state index in [0.717, 1.165) is 5.69 Å². The van der Waals surface area contributed by atoms with E-state index < -0.39 is 12.0 Å². The molecule has 0 bridgehead atoms. The summed E-state index contributed by atoms with van der Waals surface area (Å²) in [6.07, 6.45) is 0. The third-order valence-electron chi connectivity index (χ3n) is 3.33. The molecule has 6 heteroatoms. The fraction of sp³-hybridized carbons (Fsp3) is 0.467. The molecule has 1 aromatic rings. The van der Waals surface area contributed by atoms with Crippen LogP contribution in [0.25, 0.3) is 0 Å². The van der Waals surface area contributed by atoms with Gasteiger partial charge < -0.3 is 20.1 Å². The highest BCUT2D eigenvalue weighted by Crippen LogP contribution is 2.31. The maximum atomic E-state index is 12.4. The third-order valence-corrected chi connectivity index (χ3v) is 3.33. The molecule has 2 rings (SSSR count). The van der Waals surface area contributed by atoms with Crippen molar-refractivity contribution in [2.24, 2.45) is 5.92 Å². The lowest BCUT2D eigenvalue weighted by molar-refractivity contribution is -0.144. The van der Waals surface area contributed by atoms with Crippen LogP contribution >= 0.6 is 0 Å². The summed E-state index contributed by atoms with van der Waals surface area (Å²) in [6.45, 7) is 4.90. The standard InChI is InChI=1S/C15H20N2O4/c1-9(2)12(15(19)20-3)17-14(18)10-5-4-6-11-13(10)21-8-7-16-11/h4-6,9,12,16H,7-8H2,1-3H3,(H,17,18)/t12-/m0/s1. The summed E-state index contributed by atoms with van der Waals surface area (Å²) in [4.78, 5) is 24.2. The van der Waals surface area contributed by atoms with E-state index in [1.807, 2.05) is 19.9 Å². The number of benzene rings is 1. The van der Waals surface area contributed by atoms with Gasteiger partial charge in [-0.3, -0.25) is 4.79 Å². The Hall–Kier alpha value is -2.24. The summed E-state index contributed by atoms with van der Waals surface area (Å²) in [6, 6.07) is 4.62. The molecular weight excluding hydrogens is 272 g/mol. The first kappa shape index (κ1) is 15.2. The van der Waals surface area contributed by atoms with Crippen molar-refractivity contribution in [2.75, 3.05) is 25.6 Å². The number of ether oxygens (including phenoxy) is 2. The monoisotopic (exact) mass is 292 g/mol. The summed E-state index contributed by atoms with van der Waals surface area (Å²) in [5, 5.41) is 5.88. The van der Waals surface area contributed by atoms with Gasteiger partial charge in [0.25, 0.3) is 5.91 Å². The molecule has 2 N–H and O–H groups in total. The maximum absolute atomic E-state index is 12.4. The Morgan fingerprint density at radius 1 is 1.38 bits per heavy atom. The Kier molecular flexibility index (Phi) is 4.67. The van der Waals surface area contributed by atoms with Crippen LogP contribution in [0.1, 0.15) is 24.2 Å². The van der Waals surface area contributed by atoms with Crippen molar-refractivity contribution >= 4 is 17.6 Å². The van der Waals surface area contributed by atoms with Gasteiger partial charge in [-0.2, -0.15) is 0 Å². The number of amides is 1. The highest BCUT2D eigenvalue weighted by molar-refractivity contribution is 6.00.